The van der Waals surface area contributed by atoms with Crippen LogP contribution in [0.2, 0.25) is 0 Å². The van der Waals surface area contributed by atoms with E-state index in [4.69, 9.17) is 4.42 Å². The van der Waals surface area contributed by atoms with Gasteiger partial charge in [-0.1, -0.05) is 43.8 Å². The lowest BCUT2D eigenvalue weighted by Crippen LogP contribution is -2.18. The first-order chi connectivity index (χ1) is 16.3. The third-order valence-electron chi connectivity index (χ3n) is 5.36. The molecule has 174 valence electrons. The minimum Gasteiger partial charge on any atom is -0.469 e. The van der Waals surface area contributed by atoms with E-state index in [9.17, 15) is 9.59 Å². The van der Waals surface area contributed by atoms with Crippen LogP contribution in [0.25, 0.3) is 17.1 Å². The van der Waals surface area contributed by atoms with Crippen molar-refractivity contribution in [2.45, 2.75) is 38.1 Å². The Morgan fingerprint density at radius 1 is 0.971 bits per heavy atom. The van der Waals surface area contributed by atoms with Crippen molar-refractivity contribution < 1.29 is 14.0 Å². The number of hydrogen-bond donors (Lipinski definition) is 1. The van der Waals surface area contributed by atoms with E-state index in [-0.39, 0.29) is 17.6 Å². The van der Waals surface area contributed by atoms with Crippen LogP contribution < -0.4 is 5.32 Å². The topological polar surface area (TPSA) is 90.0 Å². The molecule has 0 unspecified atom stereocenters. The van der Waals surface area contributed by atoms with Crippen molar-refractivity contribution >= 4 is 29.1 Å². The van der Waals surface area contributed by atoms with Crippen molar-refractivity contribution in [2.24, 2.45) is 5.92 Å². The van der Waals surface area contributed by atoms with Gasteiger partial charge < -0.3 is 9.73 Å². The predicted octanol–water partition coefficient (Wildman–Crippen LogP) is 5.79. The van der Waals surface area contributed by atoms with Crippen molar-refractivity contribution in [2.75, 3.05) is 5.32 Å². The van der Waals surface area contributed by atoms with Gasteiger partial charge in [-0.25, -0.2) is 0 Å². The van der Waals surface area contributed by atoms with Crippen LogP contribution in [-0.4, -0.2) is 31.7 Å². The molecule has 0 aliphatic carbocycles. The third-order valence-corrected chi connectivity index (χ3v) is 6.40. The van der Waals surface area contributed by atoms with Gasteiger partial charge in [-0.15, -0.1) is 10.2 Å². The van der Waals surface area contributed by atoms with Crippen molar-refractivity contribution in [3.05, 3.63) is 78.3 Å². The molecule has 8 heteroatoms. The minimum absolute atomic E-state index is 0.0320. The Balaban J connectivity index is 1.58. The van der Waals surface area contributed by atoms with Crippen LogP contribution in [0.15, 0.2) is 76.5 Å². The second-order valence-corrected chi connectivity index (χ2v) is 9.52. The number of thioether (sulfide) groups is 1. The Labute approximate surface area is 202 Å². The molecule has 2 aromatic heterocycles. The van der Waals surface area contributed by atoms with E-state index < -0.39 is 5.25 Å². The molecular formula is C26H26N4O3S. The number of furan rings is 1. The number of ketones is 1. The molecule has 0 saturated carbocycles. The average Bonchev–Trinajstić information content (AvgIpc) is 3.45. The van der Waals surface area contributed by atoms with Gasteiger partial charge in [0.05, 0.1) is 17.1 Å². The molecule has 7 nitrogen and oxygen atoms in total. The number of carbonyl (C=O) groups excluding carboxylic acids is 2. The summed E-state index contributed by atoms with van der Waals surface area (Å²) in [4.78, 5) is 25.0. The van der Waals surface area contributed by atoms with Crippen molar-refractivity contribution in [1.29, 1.82) is 0 Å². The van der Waals surface area contributed by atoms with Gasteiger partial charge in [0.1, 0.15) is 5.76 Å². The van der Waals surface area contributed by atoms with Gasteiger partial charge in [0, 0.05) is 22.9 Å². The quantitative estimate of drug-likeness (QED) is 0.257. The number of aryl methyl sites for hydroxylation is 1. The molecule has 0 aliphatic rings. The van der Waals surface area contributed by atoms with Gasteiger partial charge in [-0.05, 0) is 56.3 Å². The summed E-state index contributed by atoms with van der Waals surface area (Å²) in [5, 5.41) is 11.9. The Morgan fingerprint density at radius 2 is 1.68 bits per heavy atom. The van der Waals surface area contributed by atoms with Crippen LogP contribution >= 0.6 is 11.8 Å². The van der Waals surface area contributed by atoms with E-state index in [1.165, 1.54) is 11.8 Å². The first-order valence-corrected chi connectivity index (χ1v) is 11.9. The highest BCUT2D eigenvalue weighted by molar-refractivity contribution is 8.00. The van der Waals surface area contributed by atoms with Crippen LogP contribution in [0.1, 0.15) is 36.9 Å². The number of Topliss-reactive ketones (excluding diaryl/α,β-unsaturated/α-hetero) is 1. The van der Waals surface area contributed by atoms with Gasteiger partial charge in [-0.3, -0.25) is 14.2 Å². The van der Waals surface area contributed by atoms with Crippen LogP contribution in [-0.2, 0) is 4.79 Å². The van der Waals surface area contributed by atoms with Gasteiger partial charge in [-0.2, -0.15) is 0 Å². The standard InChI is InChI=1S/C26H26N4O3S/c1-16(2)25(32)27-20-12-10-19(11-13-20)23(31)18(4)34-26-29-28-24(22-14-15-33-17(22)3)30(26)21-8-6-5-7-9-21/h5-16,18H,1-4H3,(H,27,32)/t18-/m0/s1. The zero-order chi connectivity index (χ0) is 24.2. The molecule has 1 atom stereocenters. The number of hydrogen-bond acceptors (Lipinski definition) is 6. The number of benzene rings is 2. The van der Waals surface area contributed by atoms with Crippen molar-refractivity contribution in [1.82, 2.24) is 14.8 Å². The lowest BCUT2D eigenvalue weighted by atomic mass is 10.1. The molecular weight excluding hydrogens is 448 g/mol. The number of para-hydroxylation sites is 1. The molecule has 4 aromatic rings. The van der Waals surface area contributed by atoms with Crippen molar-refractivity contribution in [3.8, 4) is 17.1 Å². The van der Waals surface area contributed by atoms with Gasteiger partial charge in [0.2, 0.25) is 5.91 Å². The number of nitrogens with zero attached hydrogens (tertiary/aromatic N) is 3. The Kier molecular flexibility index (Phi) is 6.98. The maximum absolute atomic E-state index is 13.1. The molecule has 1 amide bonds. The summed E-state index contributed by atoms with van der Waals surface area (Å²) in [6.45, 7) is 7.40. The normalized spacial score (nSPS) is 12.0. The second-order valence-electron chi connectivity index (χ2n) is 8.21. The largest absolute Gasteiger partial charge is 0.469 e. The molecule has 4 rings (SSSR count). The summed E-state index contributed by atoms with van der Waals surface area (Å²) in [5.74, 6) is 1.19. The van der Waals surface area contributed by atoms with Gasteiger partial charge in [0.15, 0.2) is 16.8 Å². The summed E-state index contributed by atoms with van der Waals surface area (Å²) in [7, 11) is 0. The molecule has 0 aliphatic heterocycles. The second kappa shape index (κ2) is 10.1. The van der Waals surface area contributed by atoms with Crippen molar-refractivity contribution in [3.63, 3.8) is 0 Å². The zero-order valence-electron chi connectivity index (χ0n) is 19.5. The fraction of sp³-hybridized carbons (Fsp3) is 0.231. The molecule has 0 saturated heterocycles. The Bertz CT molecular complexity index is 1290. The smallest absolute Gasteiger partial charge is 0.226 e. The molecule has 0 bridgehead atoms. The predicted molar refractivity (Wildman–Crippen MR) is 133 cm³/mol. The molecule has 1 N–H and O–H groups in total. The molecule has 2 heterocycles. The SMILES string of the molecule is Cc1occc1-c1nnc(S[C@@H](C)C(=O)c2ccc(NC(=O)C(C)C)cc2)n1-c1ccccc1. The lowest BCUT2D eigenvalue weighted by molar-refractivity contribution is -0.118. The van der Waals surface area contributed by atoms with E-state index >= 15 is 0 Å². The number of nitrogens with one attached hydrogen (secondary N) is 1. The van der Waals surface area contributed by atoms with E-state index in [1.807, 2.05) is 68.7 Å². The van der Waals surface area contributed by atoms with Crippen LogP contribution in [0.3, 0.4) is 0 Å². The maximum atomic E-state index is 13.1. The Hall–Kier alpha value is -3.65. The van der Waals surface area contributed by atoms with E-state index in [0.717, 1.165) is 17.0 Å². The molecule has 2 aromatic carbocycles. The van der Waals surface area contributed by atoms with Crippen LogP contribution in [0.5, 0.6) is 0 Å². The zero-order valence-corrected chi connectivity index (χ0v) is 20.3. The van der Waals surface area contributed by atoms with E-state index in [2.05, 4.69) is 15.5 Å². The fourth-order valence-electron chi connectivity index (χ4n) is 3.40. The molecule has 0 radical (unpaired) electrons. The third kappa shape index (κ3) is 4.97. The highest BCUT2D eigenvalue weighted by atomic mass is 32.2. The number of rotatable bonds is 8. The summed E-state index contributed by atoms with van der Waals surface area (Å²) in [6, 6.07) is 18.6. The van der Waals surface area contributed by atoms with E-state index in [1.54, 1.807) is 30.5 Å². The summed E-state index contributed by atoms with van der Waals surface area (Å²) >= 11 is 1.35. The Morgan fingerprint density at radius 3 is 2.29 bits per heavy atom. The highest BCUT2D eigenvalue weighted by Gasteiger charge is 2.24. The average molecular weight is 475 g/mol. The van der Waals surface area contributed by atoms with Crippen LogP contribution in [0, 0.1) is 12.8 Å². The maximum Gasteiger partial charge on any atom is 0.226 e. The monoisotopic (exact) mass is 474 g/mol. The first-order valence-electron chi connectivity index (χ1n) is 11.0. The first kappa shape index (κ1) is 23.5. The number of carbonyl (C=O) groups is 2. The molecule has 34 heavy (non-hydrogen) atoms. The summed E-state index contributed by atoms with van der Waals surface area (Å²) in [5.41, 5.74) is 2.98. The highest BCUT2D eigenvalue weighted by Crippen LogP contribution is 2.32. The van der Waals surface area contributed by atoms with E-state index in [0.29, 0.717) is 22.2 Å². The number of aromatic nitrogens is 3. The number of anilines is 1. The van der Waals surface area contributed by atoms with Gasteiger partial charge >= 0.3 is 0 Å². The lowest BCUT2D eigenvalue weighted by Gasteiger charge is -2.13. The minimum atomic E-state index is -0.402. The van der Waals surface area contributed by atoms with Crippen LogP contribution in [0.4, 0.5) is 5.69 Å². The fourth-order valence-corrected chi connectivity index (χ4v) is 4.34. The molecule has 0 spiro atoms. The summed E-state index contributed by atoms with van der Waals surface area (Å²) < 4.78 is 7.42. The summed E-state index contributed by atoms with van der Waals surface area (Å²) in [6.07, 6.45) is 1.63. The molecule has 0 fully saturated rings. The number of amides is 1. The van der Waals surface area contributed by atoms with Gasteiger partial charge in [0.25, 0.3) is 0 Å².